The molecule has 0 fully saturated rings. The van der Waals surface area contributed by atoms with Crippen LogP contribution in [0.25, 0.3) is 11.3 Å². The molecule has 6 nitrogen and oxygen atoms in total. The first-order valence-electron chi connectivity index (χ1n) is 9.17. The molecule has 1 atom stereocenters. The Bertz CT molecular complexity index is 904. The van der Waals surface area contributed by atoms with Gasteiger partial charge in [0.25, 0.3) is 0 Å². The van der Waals surface area contributed by atoms with E-state index in [0.29, 0.717) is 11.8 Å². The minimum atomic E-state index is -0.126. The van der Waals surface area contributed by atoms with Crippen LogP contribution in [0.3, 0.4) is 0 Å². The van der Waals surface area contributed by atoms with Crippen molar-refractivity contribution in [1.29, 1.82) is 0 Å². The number of rotatable bonds is 8. The molecule has 7 heteroatoms. The Hall–Kier alpha value is -2.64. The summed E-state index contributed by atoms with van der Waals surface area (Å²) in [6, 6.07) is 13.7. The summed E-state index contributed by atoms with van der Waals surface area (Å²) < 4.78 is 0. The number of hydrogen-bond acceptors (Lipinski definition) is 7. The van der Waals surface area contributed by atoms with Crippen LogP contribution in [0.1, 0.15) is 13.8 Å². The fourth-order valence-electron chi connectivity index (χ4n) is 2.72. The van der Waals surface area contributed by atoms with Gasteiger partial charge in [0.05, 0.1) is 24.0 Å². The molecule has 3 rings (SSSR count). The highest BCUT2D eigenvalue weighted by molar-refractivity contribution is 7.98. The third-order valence-electron chi connectivity index (χ3n) is 4.39. The van der Waals surface area contributed by atoms with E-state index in [1.165, 1.54) is 0 Å². The van der Waals surface area contributed by atoms with Crippen molar-refractivity contribution in [3.63, 3.8) is 0 Å². The summed E-state index contributed by atoms with van der Waals surface area (Å²) in [5, 5.41) is 16.3. The molecule has 0 aliphatic carbocycles. The van der Waals surface area contributed by atoms with Crippen molar-refractivity contribution >= 4 is 29.2 Å². The number of hydrogen-bond donors (Lipinski definition) is 3. The molecule has 0 spiro atoms. The van der Waals surface area contributed by atoms with Crippen LogP contribution in [0.15, 0.2) is 59.8 Å². The molecule has 0 aliphatic heterocycles. The van der Waals surface area contributed by atoms with Crippen molar-refractivity contribution in [3.05, 3.63) is 54.9 Å². The topological polar surface area (TPSA) is 83.0 Å². The van der Waals surface area contributed by atoms with Gasteiger partial charge in [-0.1, -0.05) is 26.0 Å². The molecule has 28 heavy (non-hydrogen) atoms. The number of pyridine rings is 1. The zero-order valence-electron chi connectivity index (χ0n) is 16.3. The van der Waals surface area contributed by atoms with Crippen molar-refractivity contribution in [3.8, 4) is 11.3 Å². The molecule has 0 bridgehead atoms. The predicted octanol–water partition coefficient (Wildman–Crippen LogP) is 4.43. The second kappa shape index (κ2) is 9.52. The van der Waals surface area contributed by atoms with Gasteiger partial charge in [0.2, 0.25) is 5.95 Å². The van der Waals surface area contributed by atoms with Crippen LogP contribution in [-0.4, -0.2) is 39.0 Å². The van der Waals surface area contributed by atoms with Gasteiger partial charge < -0.3 is 15.7 Å². The zero-order valence-corrected chi connectivity index (χ0v) is 17.1. The number of aliphatic hydroxyl groups excluding tert-OH is 1. The molecule has 3 N–H and O–H groups in total. The standard InChI is InChI=1S/C21H25N5OS/c1-14(2)18(13-27)25-21-24-17(15-8-10-22-11-9-15)12-20(26-21)23-16-6-4-5-7-19(16)28-3/h4-12,14,18,27H,13H2,1-3H3,(H2,23,24,25,26)/t18-/m0/s1. The summed E-state index contributed by atoms with van der Waals surface area (Å²) in [7, 11) is 0. The molecule has 1 aromatic carbocycles. The summed E-state index contributed by atoms with van der Waals surface area (Å²) in [5.41, 5.74) is 2.72. The third kappa shape index (κ3) is 4.99. The van der Waals surface area contributed by atoms with Gasteiger partial charge in [-0.15, -0.1) is 11.8 Å². The lowest BCUT2D eigenvalue weighted by atomic mass is 10.1. The van der Waals surface area contributed by atoms with E-state index in [1.54, 1.807) is 24.2 Å². The first kappa shape index (κ1) is 20.1. The molecule has 0 saturated carbocycles. The van der Waals surface area contributed by atoms with Crippen LogP contribution >= 0.6 is 11.8 Å². The van der Waals surface area contributed by atoms with Crippen LogP contribution in [0, 0.1) is 5.92 Å². The Labute approximate surface area is 169 Å². The largest absolute Gasteiger partial charge is 0.394 e. The fourth-order valence-corrected chi connectivity index (χ4v) is 3.27. The van der Waals surface area contributed by atoms with Crippen molar-refractivity contribution in [1.82, 2.24) is 15.0 Å². The Kier molecular flexibility index (Phi) is 6.84. The van der Waals surface area contributed by atoms with E-state index >= 15 is 0 Å². The molecule has 3 aromatic rings. The van der Waals surface area contributed by atoms with Gasteiger partial charge in [0.1, 0.15) is 5.82 Å². The molecule has 0 saturated heterocycles. The molecular formula is C21H25N5OS. The molecule has 146 valence electrons. The number of para-hydroxylation sites is 1. The lowest BCUT2D eigenvalue weighted by molar-refractivity contribution is 0.248. The Morgan fingerprint density at radius 1 is 1.07 bits per heavy atom. The highest BCUT2D eigenvalue weighted by atomic mass is 32.2. The molecule has 0 radical (unpaired) electrons. The molecule has 2 heterocycles. The highest BCUT2D eigenvalue weighted by Gasteiger charge is 2.15. The SMILES string of the molecule is CSc1ccccc1Nc1cc(-c2ccncc2)nc(N[C@@H](CO)C(C)C)n1. The number of nitrogens with zero attached hydrogens (tertiary/aromatic N) is 3. The number of benzene rings is 1. The van der Waals surface area contributed by atoms with Gasteiger partial charge in [-0.05, 0) is 36.4 Å². The minimum Gasteiger partial charge on any atom is -0.394 e. The number of anilines is 3. The molecule has 2 aromatic heterocycles. The summed E-state index contributed by atoms with van der Waals surface area (Å²) >= 11 is 1.67. The van der Waals surface area contributed by atoms with Crippen LogP contribution in [0.4, 0.5) is 17.5 Å². The number of nitrogens with one attached hydrogen (secondary N) is 2. The van der Waals surface area contributed by atoms with Gasteiger partial charge >= 0.3 is 0 Å². The maximum absolute atomic E-state index is 9.67. The average molecular weight is 396 g/mol. The Balaban J connectivity index is 1.99. The van der Waals surface area contributed by atoms with Crippen LogP contribution in [0.5, 0.6) is 0 Å². The summed E-state index contributed by atoms with van der Waals surface area (Å²) in [4.78, 5) is 14.5. The second-order valence-corrected chi connectivity index (χ2v) is 7.55. The smallest absolute Gasteiger partial charge is 0.225 e. The first-order chi connectivity index (χ1) is 13.6. The number of aliphatic hydroxyl groups is 1. The van der Waals surface area contributed by atoms with E-state index in [1.807, 2.05) is 42.7 Å². The maximum Gasteiger partial charge on any atom is 0.225 e. The summed E-state index contributed by atoms with van der Waals surface area (Å²) in [6.07, 6.45) is 5.53. The summed E-state index contributed by atoms with van der Waals surface area (Å²) in [6.45, 7) is 4.11. The zero-order chi connectivity index (χ0) is 19.9. The van der Waals surface area contributed by atoms with Crippen molar-refractivity contribution < 1.29 is 5.11 Å². The number of aromatic nitrogens is 3. The molecule has 0 amide bonds. The van der Waals surface area contributed by atoms with E-state index in [9.17, 15) is 5.11 Å². The van der Waals surface area contributed by atoms with Gasteiger partial charge in [0, 0.05) is 28.9 Å². The minimum absolute atomic E-state index is 0.0125. The van der Waals surface area contributed by atoms with E-state index in [0.717, 1.165) is 21.8 Å². The lowest BCUT2D eigenvalue weighted by Gasteiger charge is -2.21. The molecule has 0 aliphatic rings. The van der Waals surface area contributed by atoms with Crippen molar-refractivity contribution in [2.75, 3.05) is 23.5 Å². The first-order valence-corrected chi connectivity index (χ1v) is 10.4. The molecule has 0 unspecified atom stereocenters. The van der Waals surface area contributed by atoms with Crippen LogP contribution in [-0.2, 0) is 0 Å². The van der Waals surface area contributed by atoms with Gasteiger partial charge in [0.15, 0.2) is 0 Å². The second-order valence-electron chi connectivity index (χ2n) is 6.70. The van der Waals surface area contributed by atoms with Crippen LogP contribution in [0.2, 0.25) is 0 Å². The predicted molar refractivity (Wildman–Crippen MR) is 116 cm³/mol. The summed E-state index contributed by atoms with van der Waals surface area (Å²) in [5.74, 6) is 1.41. The normalized spacial score (nSPS) is 12.0. The molecular weight excluding hydrogens is 370 g/mol. The van der Waals surface area contributed by atoms with Crippen LogP contribution < -0.4 is 10.6 Å². The van der Waals surface area contributed by atoms with Gasteiger partial charge in [-0.2, -0.15) is 4.98 Å². The van der Waals surface area contributed by atoms with E-state index in [4.69, 9.17) is 0 Å². The fraction of sp³-hybridized carbons (Fsp3) is 0.286. The quantitative estimate of drug-likeness (QED) is 0.487. The monoisotopic (exact) mass is 395 g/mol. The number of thioether (sulfide) groups is 1. The lowest BCUT2D eigenvalue weighted by Crippen LogP contribution is -2.30. The van der Waals surface area contributed by atoms with E-state index in [2.05, 4.69) is 45.5 Å². The van der Waals surface area contributed by atoms with E-state index < -0.39 is 0 Å². The Morgan fingerprint density at radius 2 is 1.82 bits per heavy atom. The van der Waals surface area contributed by atoms with Crippen molar-refractivity contribution in [2.45, 2.75) is 24.8 Å². The third-order valence-corrected chi connectivity index (χ3v) is 5.18. The Morgan fingerprint density at radius 3 is 2.50 bits per heavy atom. The van der Waals surface area contributed by atoms with Gasteiger partial charge in [-0.25, -0.2) is 4.98 Å². The maximum atomic E-state index is 9.67. The van der Waals surface area contributed by atoms with Crippen molar-refractivity contribution in [2.24, 2.45) is 5.92 Å². The highest BCUT2D eigenvalue weighted by Crippen LogP contribution is 2.29. The average Bonchev–Trinajstić information content (AvgIpc) is 2.72. The van der Waals surface area contributed by atoms with Gasteiger partial charge in [-0.3, -0.25) is 4.98 Å². The van der Waals surface area contributed by atoms with E-state index in [-0.39, 0.29) is 18.6 Å².